The van der Waals surface area contributed by atoms with Crippen molar-refractivity contribution in [2.75, 3.05) is 25.4 Å². The van der Waals surface area contributed by atoms with E-state index in [2.05, 4.69) is 31.9 Å². The van der Waals surface area contributed by atoms with Crippen LogP contribution in [0.4, 0.5) is 0 Å². The molecule has 1 saturated heterocycles. The standard InChI is InChI=1S/C42H60N8O8S2/c1-4-58-29-15-13-28(14-16-29)22-30-38(54)47-31(21-27-11-7-5-8-12-27)40(56)50-36(26(2)3)41(57)48-32(23-34(44)51)39(55)49-33(37(53)45-20-19-43)25-59-60-42(24-35(52)46-30)17-9-6-10-18-42/h5,7-8,11-16,26,30-33,36H,4,6,9-10,17-25,43H2,1-3H3,(H2,44,51)(H,45,53)(H,46,52)(H,47,54)(H,48,57)(H,49,55)(H,50,56)/t30?,31?,32-,33?,36-/m0/s1. The third kappa shape index (κ3) is 15.0. The Hall–Kier alpha value is -4.81. The number of primary amides is 1. The van der Waals surface area contributed by atoms with Crippen LogP contribution in [0.1, 0.15) is 76.8 Å². The maximum absolute atomic E-state index is 14.4. The van der Waals surface area contributed by atoms with Crippen LogP contribution in [0.5, 0.6) is 5.75 Å². The molecular formula is C42H60N8O8S2. The number of nitrogens with two attached hydrogens (primary N) is 2. The Labute approximate surface area is 359 Å². The second-order valence-electron chi connectivity index (χ2n) is 15.5. The lowest BCUT2D eigenvalue weighted by Crippen LogP contribution is -2.61. The molecule has 2 aromatic carbocycles. The van der Waals surface area contributed by atoms with Gasteiger partial charge in [-0.25, -0.2) is 0 Å². The van der Waals surface area contributed by atoms with E-state index < -0.39 is 82.7 Å². The van der Waals surface area contributed by atoms with E-state index in [-0.39, 0.29) is 44.0 Å². The van der Waals surface area contributed by atoms with E-state index in [1.54, 1.807) is 50.2 Å². The number of ether oxygens (including phenoxy) is 1. The number of rotatable bonds is 12. The summed E-state index contributed by atoms with van der Waals surface area (Å²) >= 11 is 0. The van der Waals surface area contributed by atoms with Gasteiger partial charge in [-0.3, -0.25) is 33.6 Å². The van der Waals surface area contributed by atoms with Crippen molar-refractivity contribution in [3.05, 3.63) is 65.7 Å². The van der Waals surface area contributed by atoms with Crippen molar-refractivity contribution in [3.8, 4) is 5.75 Å². The van der Waals surface area contributed by atoms with Gasteiger partial charge in [0, 0.05) is 42.9 Å². The summed E-state index contributed by atoms with van der Waals surface area (Å²) in [7, 11) is 2.79. The van der Waals surface area contributed by atoms with Crippen LogP contribution in [0.25, 0.3) is 0 Å². The molecule has 4 rings (SSSR count). The van der Waals surface area contributed by atoms with Crippen LogP contribution in [0, 0.1) is 5.92 Å². The number of hydrogen-bond donors (Lipinski definition) is 8. The number of nitrogens with one attached hydrogen (secondary N) is 6. The number of carbonyl (C=O) groups is 7. The lowest BCUT2D eigenvalue weighted by atomic mass is 9.85. The first-order valence-electron chi connectivity index (χ1n) is 20.6. The Balaban J connectivity index is 1.76. The summed E-state index contributed by atoms with van der Waals surface area (Å²) in [5, 5.41) is 16.6. The highest BCUT2D eigenvalue weighted by atomic mass is 33.1. The van der Waals surface area contributed by atoms with E-state index in [9.17, 15) is 33.6 Å². The average molecular weight is 869 g/mol. The molecule has 1 aliphatic carbocycles. The highest BCUT2D eigenvalue weighted by Crippen LogP contribution is 2.48. The highest BCUT2D eigenvalue weighted by Gasteiger charge is 2.39. The molecule has 5 atom stereocenters. The van der Waals surface area contributed by atoms with Gasteiger partial charge >= 0.3 is 0 Å². The van der Waals surface area contributed by atoms with Crippen molar-refractivity contribution < 1.29 is 38.3 Å². The molecule has 1 aliphatic heterocycles. The van der Waals surface area contributed by atoms with Gasteiger partial charge in [-0.2, -0.15) is 0 Å². The average Bonchev–Trinajstić information content (AvgIpc) is 3.21. The second kappa shape index (κ2) is 23.8. The number of hydrogen-bond acceptors (Lipinski definition) is 11. The van der Waals surface area contributed by atoms with Crippen molar-refractivity contribution in [2.45, 2.75) is 114 Å². The first-order valence-corrected chi connectivity index (χ1v) is 22.9. The van der Waals surface area contributed by atoms with Crippen LogP contribution in [0.3, 0.4) is 0 Å². The zero-order valence-corrected chi connectivity index (χ0v) is 36.2. The van der Waals surface area contributed by atoms with Gasteiger partial charge in [0.2, 0.25) is 41.4 Å². The third-order valence-electron chi connectivity index (χ3n) is 10.3. The van der Waals surface area contributed by atoms with E-state index in [4.69, 9.17) is 16.2 Å². The highest BCUT2D eigenvalue weighted by molar-refractivity contribution is 8.77. The van der Waals surface area contributed by atoms with Crippen LogP contribution in [0.2, 0.25) is 0 Å². The summed E-state index contributed by atoms with van der Waals surface area (Å²) in [6, 6.07) is 10.1. The van der Waals surface area contributed by atoms with E-state index in [0.29, 0.717) is 25.2 Å². The van der Waals surface area contributed by atoms with Crippen molar-refractivity contribution >= 4 is 62.9 Å². The van der Waals surface area contributed by atoms with Gasteiger partial charge in [0.1, 0.15) is 36.0 Å². The molecule has 60 heavy (non-hydrogen) atoms. The van der Waals surface area contributed by atoms with Crippen LogP contribution in [-0.4, -0.2) is 102 Å². The fraction of sp³-hybridized carbons (Fsp3) is 0.548. The van der Waals surface area contributed by atoms with E-state index >= 15 is 0 Å². The molecule has 0 aromatic heterocycles. The summed E-state index contributed by atoms with van der Waals surface area (Å²) < 4.78 is 5.05. The van der Waals surface area contributed by atoms with E-state index in [1.165, 1.54) is 21.6 Å². The number of amides is 7. The molecule has 0 radical (unpaired) electrons. The zero-order chi connectivity index (χ0) is 43.7. The molecular weight excluding hydrogens is 809 g/mol. The van der Waals surface area contributed by atoms with Gasteiger partial charge in [-0.05, 0) is 48.9 Å². The maximum atomic E-state index is 14.4. The molecule has 1 spiro atoms. The largest absolute Gasteiger partial charge is 0.494 e. The lowest BCUT2D eigenvalue weighted by Gasteiger charge is -2.36. The fourth-order valence-corrected chi connectivity index (χ4v) is 10.5. The Bertz CT molecular complexity index is 1780. The number of benzene rings is 2. The second-order valence-corrected chi connectivity index (χ2v) is 18.4. The van der Waals surface area contributed by atoms with E-state index in [0.717, 1.165) is 30.4 Å². The fourth-order valence-electron chi connectivity index (χ4n) is 7.15. The van der Waals surface area contributed by atoms with Crippen molar-refractivity contribution in [1.82, 2.24) is 31.9 Å². The van der Waals surface area contributed by atoms with Crippen molar-refractivity contribution in [1.29, 1.82) is 0 Å². The maximum Gasteiger partial charge on any atom is 0.243 e. The lowest BCUT2D eigenvalue weighted by molar-refractivity contribution is -0.136. The number of carbonyl (C=O) groups excluding carboxylic acids is 7. The van der Waals surface area contributed by atoms with Gasteiger partial charge < -0.3 is 48.1 Å². The van der Waals surface area contributed by atoms with Crippen molar-refractivity contribution in [2.24, 2.45) is 17.4 Å². The quantitative estimate of drug-likeness (QED) is 0.142. The smallest absolute Gasteiger partial charge is 0.243 e. The first-order chi connectivity index (χ1) is 28.7. The molecule has 1 saturated carbocycles. The van der Waals surface area contributed by atoms with Gasteiger partial charge in [-0.1, -0.05) is 97.2 Å². The molecule has 2 fully saturated rings. The summed E-state index contributed by atoms with van der Waals surface area (Å²) in [4.78, 5) is 96.1. The minimum Gasteiger partial charge on any atom is -0.494 e. The molecule has 3 unspecified atom stereocenters. The predicted octanol–water partition coefficient (Wildman–Crippen LogP) is 1.39. The molecule has 7 amide bonds. The topological polar surface area (TPSA) is 253 Å². The summed E-state index contributed by atoms with van der Waals surface area (Å²) in [6.45, 7) is 6.02. The van der Waals surface area contributed by atoms with Gasteiger partial charge in [0.15, 0.2) is 0 Å². The Morgan fingerprint density at radius 2 is 1.40 bits per heavy atom. The molecule has 16 nitrogen and oxygen atoms in total. The minimum atomic E-state index is -1.49. The van der Waals surface area contributed by atoms with Gasteiger partial charge in [-0.15, -0.1) is 0 Å². The Morgan fingerprint density at radius 3 is 2.02 bits per heavy atom. The Kier molecular flexibility index (Phi) is 19.0. The SMILES string of the molecule is CCOc1ccc(CC2NC(=O)CC3(CCCCC3)SSCC(C(=O)NCCN)NC(=O)[C@H](CC(N)=O)NC(=O)[C@H](C(C)C)NC(=O)C(Cc3ccccc3)NC2=O)cc1. The zero-order valence-electron chi connectivity index (χ0n) is 34.6. The minimum absolute atomic E-state index is 0.0475. The van der Waals surface area contributed by atoms with Crippen LogP contribution < -0.4 is 48.1 Å². The molecule has 2 aliphatic rings. The molecule has 328 valence electrons. The monoisotopic (exact) mass is 868 g/mol. The molecule has 1 heterocycles. The van der Waals surface area contributed by atoms with Crippen LogP contribution >= 0.6 is 21.6 Å². The molecule has 18 heteroatoms. The van der Waals surface area contributed by atoms with Gasteiger partial charge in [0.05, 0.1) is 13.0 Å². The third-order valence-corrected chi connectivity index (χ3v) is 13.6. The van der Waals surface area contributed by atoms with Crippen LogP contribution in [0.15, 0.2) is 54.6 Å². The summed E-state index contributed by atoms with van der Waals surface area (Å²) in [5.74, 6) is -4.47. The summed E-state index contributed by atoms with van der Waals surface area (Å²) in [5.41, 5.74) is 12.6. The Morgan fingerprint density at radius 1 is 0.800 bits per heavy atom. The van der Waals surface area contributed by atoms with Crippen molar-refractivity contribution in [3.63, 3.8) is 0 Å². The molecule has 0 bridgehead atoms. The van der Waals surface area contributed by atoms with Crippen LogP contribution in [-0.2, 0) is 46.4 Å². The molecule has 2 aromatic rings. The molecule has 10 N–H and O–H groups in total. The van der Waals surface area contributed by atoms with E-state index in [1.807, 2.05) is 25.1 Å². The first kappa shape index (κ1) is 47.9. The predicted molar refractivity (Wildman–Crippen MR) is 232 cm³/mol. The summed E-state index contributed by atoms with van der Waals surface area (Å²) in [6.07, 6.45) is 3.78. The normalized spacial score (nSPS) is 23.6. The van der Waals surface area contributed by atoms with Gasteiger partial charge in [0.25, 0.3) is 0 Å².